The highest BCUT2D eigenvalue weighted by Crippen LogP contribution is 2.22. The normalized spacial score (nSPS) is 16.1. The van der Waals surface area contributed by atoms with Gasteiger partial charge in [-0.3, -0.25) is 9.48 Å². The monoisotopic (exact) mass is 344 g/mol. The first kappa shape index (κ1) is 19.5. The highest BCUT2D eigenvalue weighted by molar-refractivity contribution is 5.76. The predicted octanol–water partition coefficient (Wildman–Crippen LogP) is 3.92. The van der Waals surface area contributed by atoms with Gasteiger partial charge in [0.2, 0.25) is 5.91 Å². The van der Waals surface area contributed by atoms with Crippen LogP contribution in [0.2, 0.25) is 0 Å². The number of rotatable bonds is 6. The van der Waals surface area contributed by atoms with E-state index >= 15 is 0 Å². The predicted molar refractivity (Wildman–Crippen MR) is 99.1 cm³/mol. The number of carbonyl (C=O) groups is 1. The van der Waals surface area contributed by atoms with Crippen LogP contribution >= 0.6 is 0 Å². The standard InChI is InChI=1S/C20H32N4O/c1-16-19(17(2)24(22-16)15-9-14-21)12-13-20(25)23(3)18-10-7-5-4-6-8-11-18/h18H,4-13,15H2,1-3H3. The molecule has 1 amide bonds. The summed E-state index contributed by atoms with van der Waals surface area (Å²) in [5.74, 6) is 0.245. The Balaban J connectivity index is 1.92. The number of aromatic nitrogens is 2. The van der Waals surface area contributed by atoms with E-state index in [0.29, 0.717) is 25.4 Å². The molecule has 0 N–H and O–H groups in total. The molecule has 0 bridgehead atoms. The van der Waals surface area contributed by atoms with E-state index in [1.807, 2.05) is 30.5 Å². The summed E-state index contributed by atoms with van der Waals surface area (Å²) in [5, 5.41) is 13.3. The summed E-state index contributed by atoms with van der Waals surface area (Å²) < 4.78 is 1.90. The molecule has 1 heterocycles. The van der Waals surface area contributed by atoms with Crippen LogP contribution in [-0.4, -0.2) is 33.7 Å². The lowest BCUT2D eigenvalue weighted by molar-refractivity contribution is -0.132. The zero-order valence-corrected chi connectivity index (χ0v) is 16.1. The largest absolute Gasteiger partial charge is 0.343 e. The van der Waals surface area contributed by atoms with Gasteiger partial charge in [0.05, 0.1) is 24.7 Å². The number of nitrogens with zero attached hydrogens (tertiary/aromatic N) is 4. The lowest BCUT2D eigenvalue weighted by atomic mass is 9.95. The summed E-state index contributed by atoms with van der Waals surface area (Å²) in [6.45, 7) is 4.66. The molecule has 138 valence electrons. The van der Waals surface area contributed by atoms with Crippen LogP contribution in [0.5, 0.6) is 0 Å². The second kappa shape index (κ2) is 9.60. The fourth-order valence-electron chi connectivity index (χ4n) is 3.90. The van der Waals surface area contributed by atoms with Crippen molar-refractivity contribution in [3.63, 3.8) is 0 Å². The zero-order chi connectivity index (χ0) is 18.2. The summed E-state index contributed by atoms with van der Waals surface area (Å²) in [4.78, 5) is 14.7. The molecule has 5 heteroatoms. The van der Waals surface area contributed by atoms with Gasteiger partial charge < -0.3 is 4.90 Å². The molecule has 0 unspecified atom stereocenters. The van der Waals surface area contributed by atoms with Gasteiger partial charge >= 0.3 is 0 Å². The highest BCUT2D eigenvalue weighted by Gasteiger charge is 2.21. The number of hydrogen-bond donors (Lipinski definition) is 0. The number of aryl methyl sites for hydroxylation is 2. The first-order valence-corrected chi connectivity index (χ1v) is 9.70. The minimum absolute atomic E-state index is 0.245. The van der Waals surface area contributed by atoms with Crippen molar-refractivity contribution >= 4 is 5.91 Å². The van der Waals surface area contributed by atoms with Crippen LogP contribution in [0.3, 0.4) is 0 Å². The molecule has 0 radical (unpaired) electrons. The third kappa shape index (κ3) is 5.32. The van der Waals surface area contributed by atoms with Gasteiger partial charge in [-0.05, 0) is 38.7 Å². The van der Waals surface area contributed by atoms with Gasteiger partial charge in [-0.25, -0.2) is 0 Å². The molecule has 0 spiro atoms. The quantitative estimate of drug-likeness (QED) is 0.786. The van der Waals surface area contributed by atoms with E-state index in [-0.39, 0.29) is 5.91 Å². The van der Waals surface area contributed by atoms with Crippen LogP contribution < -0.4 is 0 Å². The molecule has 0 saturated heterocycles. The maximum absolute atomic E-state index is 12.7. The molecule has 5 nitrogen and oxygen atoms in total. The topological polar surface area (TPSA) is 61.9 Å². The van der Waals surface area contributed by atoms with Gasteiger partial charge in [0.15, 0.2) is 0 Å². The van der Waals surface area contributed by atoms with E-state index in [4.69, 9.17) is 5.26 Å². The lowest BCUT2D eigenvalue weighted by Gasteiger charge is -2.30. The van der Waals surface area contributed by atoms with Crippen molar-refractivity contribution in [1.29, 1.82) is 5.26 Å². The van der Waals surface area contributed by atoms with Crippen molar-refractivity contribution in [2.45, 2.75) is 90.6 Å². The molecule has 0 atom stereocenters. The molecule has 1 saturated carbocycles. The van der Waals surface area contributed by atoms with E-state index in [1.54, 1.807) is 0 Å². The summed E-state index contributed by atoms with van der Waals surface area (Å²) in [6, 6.07) is 2.57. The minimum atomic E-state index is 0.245. The van der Waals surface area contributed by atoms with Crippen molar-refractivity contribution in [1.82, 2.24) is 14.7 Å². The molecule has 1 aliphatic rings. The number of nitriles is 1. The fourth-order valence-corrected chi connectivity index (χ4v) is 3.90. The Kier molecular flexibility index (Phi) is 7.49. The lowest BCUT2D eigenvalue weighted by Crippen LogP contribution is -2.37. The number of hydrogen-bond acceptors (Lipinski definition) is 3. The van der Waals surface area contributed by atoms with Crippen molar-refractivity contribution < 1.29 is 4.79 Å². The van der Waals surface area contributed by atoms with E-state index < -0.39 is 0 Å². The number of carbonyl (C=O) groups excluding carboxylic acids is 1. The Morgan fingerprint density at radius 1 is 1.24 bits per heavy atom. The Hall–Kier alpha value is -1.83. The van der Waals surface area contributed by atoms with Crippen molar-refractivity contribution in [3.05, 3.63) is 17.0 Å². The Labute approximate surface area is 152 Å². The Bertz CT molecular complexity index is 606. The maximum Gasteiger partial charge on any atom is 0.222 e. The van der Waals surface area contributed by atoms with Gasteiger partial charge in [0.1, 0.15) is 0 Å². The van der Waals surface area contributed by atoms with E-state index in [0.717, 1.165) is 36.2 Å². The van der Waals surface area contributed by atoms with Gasteiger partial charge in [-0.1, -0.05) is 32.1 Å². The van der Waals surface area contributed by atoms with Gasteiger partial charge in [0.25, 0.3) is 0 Å². The molecular formula is C20H32N4O. The molecule has 1 aliphatic carbocycles. The molecular weight excluding hydrogens is 312 g/mol. The summed E-state index contributed by atoms with van der Waals surface area (Å²) in [6.07, 6.45) is 10.5. The maximum atomic E-state index is 12.7. The summed E-state index contributed by atoms with van der Waals surface area (Å²) in [7, 11) is 1.98. The molecule has 1 fully saturated rings. The smallest absolute Gasteiger partial charge is 0.222 e. The molecule has 0 aromatic carbocycles. The molecule has 25 heavy (non-hydrogen) atoms. The second-order valence-corrected chi connectivity index (χ2v) is 7.28. The Morgan fingerprint density at radius 3 is 2.52 bits per heavy atom. The molecule has 1 aromatic heterocycles. The van der Waals surface area contributed by atoms with Crippen molar-refractivity contribution in [3.8, 4) is 6.07 Å². The van der Waals surface area contributed by atoms with Crippen LogP contribution in [-0.2, 0) is 17.8 Å². The van der Waals surface area contributed by atoms with Crippen molar-refractivity contribution in [2.75, 3.05) is 7.05 Å². The van der Waals surface area contributed by atoms with Gasteiger partial charge in [-0.2, -0.15) is 10.4 Å². The number of amides is 1. The van der Waals surface area contributed by atoms with Gasteiger partial charge in [0, 0.05) is 25.2 Å². The molecule has 2 rings (SSSR count). The van der Waals surface area contributed by atoms with Crippen LogP contribution in [0.1, 0.15) is 74.7 Å². The van der Waals surface area contributed by atoms with Crippen LogP contribution in [0.4, 0.5) is 0 Å². The van der Waals surface area contributed by atoms with Crippen molar-refractivity contribution in [2.24, 2.45) is 0 Å². The van der Waals surface area contributed by atoms with E-state index in [1.165, 1.54) is 32.1 Å². The third-order valence-electron chi connectivity index (χ3n) is 5.57. The second-order valence-electron chi connectivity index (χ2n) is 7.28. The first-order chi connectivity index (χ1) is 12.0. The molecule has 0 aliphatic heterocycles. The fraction of sp³-hybridized carbons (Fsp3) is 0.750. The summed E-state index contributed by atoms with van der Waals surface area (Å²) in [5.41, 5.74) is 3.24. The average Bonchev–Trinajstić information content (AvgIpc) is 2.83. The summed E-state index contributed by atoms with van der Waals surface area (Å²) >= 11 is 0. The van der Waals surface area contributed by atoms with Crippen LogP contribution in [0, 0.1) is 25.2 Å². The van der Waals surface area contributed by atoms with Gasteiger partial charge in [-0.15, -0.1) is 0 Å². The van der Waals surface area contributed by atoms with Crippen LogP contribution in [0.15, 0.2) is 0 Å². The van der Waals surface area contributed by atoms with E-state index in [2.05, 4.69) is 11.2 Å². The first-order valence-electron chi connectivity index (χ1n) is 9.70. The van der Waals surface area contributed by atoms with E-state index in [9.17, 15) is 4.79 Å². The highest BCUT2D eigenvalue weighted by atomic mass is 16.2. The SMILES string of the molecule is Cc1nn(CCC#N)c(C)c1CCC(=O)N(C)C1CCCCCCC1. The minimum Gasteiger partial charge on any atom is -0.343 e. The zero-order valence-electron chi connectivity index (χ0n) is 16.1. The average molecular weight is 345 g/mol. The Morgan fingerprint density at radius 2 is 1.88 bits per heavy atom. The molecule has 1 aromatic rings. The van der Waals surface area contributed by atoms with Crippen LogP contribution in [0.25, 0.3) is 0 Å². The third-order valence-corrected chi connectivity index (χ3v) is 5.57.